The molecule has 0 aliphatic carbocycles. The molecule has 2 aromatic rings. The Morgan fingerprint density at radius 1 is 1.39 bits per heavy atom. The van der Waals surface area contributed by atoms with E-state index < -0.39 is 10.0 Å². The number of H-pyrrole nitrogens is 1. The highest BCUT2D eigenvalue weighted by atomic mass is 32.2. The quantitative estimate of drug-likeness (QED) is 0.766. The van der Waals surface area contributed by atoms with Crippen molar-refractivity contribution in [3.8, 4) is 0 Å². The SMILES string of the molecule is O=C(NCc1ccc(S(=O)(=O)N2CCOCC2)s1)c1cn[nH]n1. The van der Waals surface area contributed by atoms with E-state index >= 15 is 0 Å². The molecule has 0 aromatic carbocycles. The third-order valence-electron chi connectivity index (χ3n) is 3.27. The highest BCUT2D eigenvalue weighted by Gasteiger charge is 2.27. The summed E-state index contributed by atoms with van der Waals surface area (Å²) in [4.78, 5) is 12.5. The summed E-state index contributed by atoms with van der Waals surface area (Å²) < 4.78 is 31.9. The molecule has 11 heteroatoms. The lowest BCUT2D eigenvalue weighted by molar-refractivity contribution is 0.0731. The van der Waals surface area contributed by atoms with E-state index in [9.17, 15) is 13.2 Å². The van der Waals surface area contributed by atoms with E-state index in [0.29, 0.717) is 26.3 Å². The molecule has 3 rings (SSSR count). The normalized spacial score (nSPS) is 16.3. The van der Waals surface area contributed by atoms with E-state index in [1.165, 1.54) is 10.5 Å². The predicted molar refractivity (Wildman–Crippen MR) is 81.4 cm³/mol. The Bertz CT molecular complexity index is 765. The number of carbonyl (C=O) groups is 1. The number of thiophene rings is 1. The van der Waals surface area contributed by atoms with Crippen LogP contribution in [0.5, 0.6) is 0 Å². The molecule has 3 heterocycles. The molecule has 0 radical (unpaired) electrons. The lowest BCUT2D eigenvalue weighted by Crippen LogP contribution is -2.40. The van der Waals surface area contributed by atoms with Gasteiger partial charge in [-0.25, -0.2) is 8.42 Å². The monoisotopic (exact) mass is 357 g/mol. The molecule has 1 fully saturated rings. The van der Waals surface area contributed by atoms with Crippen LogP contribution in [0.2, 0.25) is 0 Å². The molecule has 1 aliphatic rings. The molecule has 1 amide bonds. The Kier molecular flexibility index (Phi) is 4.71. The molecule has 2 aromatic heterocycles. The predicted octanol–water partition coefficient (Wildman–Crippen LogP) is -0.183. The Morgan fingerprint density at radius 2 is 2.17 bits per heavy atom. The highest BCUT2D eigenvalue weighted by Crippen LogP contribution is 2.25. The van der Waals surface area contributed by atoms with Gasteiger partial charge in [0.25, 0.3) is 15.9 Å². The van der Waals surface area contributed by atoms with Gasteiger partial charge >= 0.3 is 0 Å². The Balaban J connectivity index is 1.64. The number of rotatable bonds is 5. The number of ether oxygens (including phenoxy) is 1. The summed E-state index contributed by atoms with van der Waals surface area (Å²) in [7, 11) is -3.49. The van der Waals surface area contributed by atoms with Gasteiger partial charge in [0.05, 0.1) is 26.0 Å². The summed E-state index contributed by atoms with van der Waals surface area (Å²) in [6, 6.07) is 3.26. The summed E-state index contributed by atoms with van der Waals surface area (Å²) in [6.07, 6.45) is 1.32. The van der Waals surface area contributed by atoms with Crippen LogP contribution in [0.25, 0.3) is 0 Å². The van der Waals surface area contributed by atoms with Crippen molar-refractivity contribution in [1.29, 1.82) is 0 Å². The molecule has 2 N–H and O–H groups in total. The second kappa shape index (κ2) is 6.74. The molecular formula is C12H15N5O4S2. The molecule has 23 heavy (non-hydrogen) atoms. The first-order valence-corrected chi connectivity index (χ1v) is 9.13. The number of morpholine rings is 1. The van der Waals surface area contributed by atoms with Gasteiger partial charge in [0.2, 0.25) is 0 Å². The van der Waals surface area contributed by atoms with Crippen LogP contribution in [0.15, 0.2) is 22.5 Å². The van der Waals surface area contributed by atoms with E-state index in [-0.39, 0.29) is 22.4 Å². The molecular weight excluding hydrogens is 342 g/mol. The Morgan fingerprint density at radius 3 is 2.87 bits per heavy atom. The van der Waals surface area contributed by atoms with Gasteiger partial charge in [0.15, 0.2) is 5.69 Å². The lowest BCUT2D eigenvalue weighted by Gasteiger charge is -2.25. The zero-order valence-electron chi connectivity index (χ0n) is 12.1. The van der Waals surface area contributed by atoms with Crippen molar-refractivity contribution in [3.05, 3.63) is 28.9 Å². The average molecular weight is 357 g/mol. The van der Waals surface area contributed by atoms with Gasteiger partial charge in [-0.1, -0.05) is 0 Å². The molecule has 124 valence electrons. The molecule has 9 nitrogen and oxygen atoms in total. The summed E-state index contributed by atoms with van der Waals surface area (Å²) in [6.45, 7) is 1.77. The van der Waals surface area contributed by atoms with Crippen LogP contribution in [0.1, 0.15) is 15.4 Å². The van der Waals surface area contributed by atoms with Crippen molar-refractivity contribution in [2.75, 3.05) is 26.3 Å². The second-order valence-corrected chi connectivity index (χ2v) is 8.11. The van der Waals surface area contributed by atoms with E-state index in [2.05, 4.69) is 20.7 Å². The number of nitrogens with one attached hydrogen (secondary N) is 2. The summed E-state index contributed by atoms with van der Waals surface area (Å²) in [5.41, 5.74) is 0.183. The minimum atomic E-state index is -3.49. The maximum absolute atomic E-state index is 12.5. The van der Waals surface area contributed by atoms with Crippen LogP contribution in [0.4, 0.5) is 0 Å². The minimum Gasteiger partial charge on any atom is -0.379 e. The standard InChI is InChI=1S/C12H15N5O4S2/c18-12(10-8-14-16-15-10)13-7-9-1-2-11(22-9)23(19,20)17-3-5-21-6-4-17/h1-2,8H,3-7H2,(H,13,18)(H,14,15,16). The lowest BCUT2D eigenvalue weighted by atomic mass is 10.4. The number of aromatic amines is 1. The molecule has 1 saturated heterocycles. The zero-order chi connectivity index (χ0) is 16.3. The topological polar surface area (TPSA) is 117 Å². The maximum atomic E-state index is 12.5. The van der Waals surface area contributed by atoms with Crippen LogP contribution in [0, 0.1) is 0 Å². The second-order valence-electron chi connectivity index (χ2n) is 4.78. The van der Waals surface area contributed by atoms with Crippen molar-refractivity contribution in [2.45, 2.75) is 10.8 Å². The number of carbonyl (C=O) groups excluding carboxylic acids is 1. The van der Waals surface area contributed by atoms with Crippen molar-refractivity contribution in [2.24, 2.45) is 0 Å². The van der Waals surface area contributed by atoms with E-state index in [0.717, 1.165) is 16.2 Å². The van der Waals surface area contributed by atoms with Crippen molar-refractivity contribution >= 4 is 27.3 Å². The van der Waals surface area contributed by atoms with Crippen LogP contribution >= 0.6 is 11.3 Å². The van der Waals surface area contributed by atoms with Crippen LogP contribution in [-0.2, 0) is 21.3 Å². The number of hydrogen-bond acceptors (Lipinski definition) is 7. The number of aromatic nitrogens is 3. The van der Waals surface area contributed by atoms with Gasteiger partial charge in [-0.3, -0.25) is 4.79 Å². The van der Waals surface area contributed by atoms with E-state index in [4.69, 9.17) is 4.74 Å². The van der Waals surface area contributed by atoms with Crippen LogP contribution in [-0.4, -0.2) is 60.3 Å². The van der Waals surface area contributed by atoms with Crippen molar-refractivity contribution in [1.82, 2.24) is 25.0 Å². The van der Waals surface area contributed by atoms with Gasteiger partial charge < -0.3 is 10.1 Å². The van der Waals surface area contributed by atoms with Crippen LogP contribution < -0.4 is 5.32 Å². The van der Waals surface area contributed by atoms with Crippen LogP contribution in [0.3, 0.4) is 0 Å². The fourth-order valence-electron chi connectivity index (χ4n) is 2.08. The van der Waals surface area contributed by atoms with Gasteiger partial charge in [0.1, 0.15) is 4.21 Å². The smallest absolute Gasteiger partial charge is 0.273 e. The molecule has 0 unspecified atom stereocenters. The molecule has 1 aliphatic heterocycles. The zero-order valence-corrected chi connectivity index (χ0v) is 13.7. The highest BCUT2D eigenvalue weighted by molar-refractivity contribution is 7.91. The summed E-state index contributed by atoms with van der Waals surface area (Å²) in [5, 5.41) is 12.3. The third-order valence-corrected chi connectivity index (χ3v) is 6.72. The fraction of sp³-hybridized carbons (Fsp3) is 0.417. The first kappa shape index (κ1) is 16.1. The largest absolute Gasteiger partial charge is 0.379 e. The number of amides is 1. The average Bonchev–Trinajstić information content (AvgIpc) is 3.25. The maximum Gasteiger partial charge on any atom is 0.273 e. The number of nitrogens with zero attached hydrogens (tertiary/aromatic N) is 3. The van der Waals surface area contributed by atoms with Gasteiger partial charge in [-0.2, -0.15) is 19.7 Å². The van der Waals surface area contributed by atoms with Gasteiger partial charge in [-0.15, -0.1) is 11.3 Å². The first-order chi connectivity index (χ1) is 11.1. The van der Waals surface area contributed by atoms with E-state index in [1.807, 2.05) is 0 Å². The Hall–Kier alpha value is -1.82. The fourth-order valence-corrected chi connectivity index (χ4v) is 4.93. The van der Waals surface area contributed by atoms with E-state index in [1.54, 1.807) is 12.1 Å². The minimum absolute atomic E-state index is 0.183. The van der Waals surface area contributed by atoms with Gasteiger partial charge in [0, 0.05) is 18.0 Å². The van der Waals surface area contributed by atoms with Gasteiger partial charge in [-0.05, 0) is 12.1 Å². The van der Waals surface area contributed by atoms with Crippen molar-refractivity contribution in [3.63, 3.8) is 0 Å². The first-order valence-electron chi connectivity index (χ1n) is 6.88. The third kappa shape index (κ3) is 3.58. The molecule has 0 saturated carbocycles. The van der Waals surface area contributed by atoms with Crippen molar-refractivity contribution < 1.29 is 17.9 Å². The Labute approximate surface area is 136 Å². The molecule has 0 bridgehead atoms. The number of hydrogen-bond donors (Lipinski definition) is 2. The molecule has 0 spiro atoms. The summed E-state index contributed by atoms with van der Waals surface area (Å²) >= 11 is 1.14. The molecule has 0 atom stereocenters. The number of sulfonamides is 1. The summed E-state index contributed by atoms with van der Waals surface area (Å²) in [5.74, 6) is -0.371.